The number of fused-ring (bicyclic) bond motifs is 1. The van der Waals surface area contributed by atoms with Gasteiger partial charge in [-0.25, -0.2) is 4.98 Å². The number of benzene rings is 1. The first kappa shape index (κ1) is 25.0. The van der Waals surface area contributed by atoms with E-state index in [0.717, 1.165) is 21.4 Å². The van der Waals surface area contributed by atoms with E-state index < -0.39 is 18.1 Å². The van der Waals surface area contributed by atoms with Crippen molar-refractivity contribution in [2.24, 2.45) is 7.05 Å². The van der Waals surface area contributed by atoms with Crippen molar-refractivity contribution in [3.05, 3.63) is 52.2 Å². The van der Waals surface area contributed by atoms with Gasteiger partial charge < -0.3 is 15.0 Å². The fraction of sp³-hybridized carbons (Fsp3) is 0.417. The quantitative estimate of drug-likeness (QED) is 0.456. The van der Waals surface area contributed by atoms with Gasteiger partial charge in [0.1, 0.15) is 18.3 Å². The average Bonchev–Trinajstić information content (AvgIpc) is 3.23. The summed E-state index contributed by atoms with van der Waals surface area (Å²) in [4.78, 5) is 57.4. The number of carbonyl (C=O) groups excluding carboxylic acids is 3. The van der Waals surface area contributed by atoms with Crippen LogP contribution in [0.4, 0.5) is 5.69 Å². The molecule has 3 aromatic rings. The Labute approximate surface area is 207 Å². The van der Waals surface area contributed by atoms with Crippen molar-refractivity contribution in [2.75, 3.05) is 44.6 Å². The summed E-state index contributed by atoms with van der Waals surface area (Å²) in [7, 11) is 1.67. The van der Waals surface area contributed by atoms with Crippen molar-refractivity contribution in [3.8, 4) is 0 Å². The zero-order valence-electron chi connectivity index (χ0n) is 20.6. The summed E-state index contributed by atoms with van der Waals surface area (Å²) < 4.78 is 7.69. The highest BCUT2D eigenvalue weighted by molar-refractivity contribution is 5.93. The number of carbonyl (C=O) groups is 3. The topological polar surface area (TPSA) is 132 Å². The first-order valence-corrected chi connectivity index (χ1v) is 11.6. The normalized spacial score (nSPS) is 14.1. The largest absolute Gasteiger partial charge is 0.454 e. The molecule has 0 saturated carbocycles. The molecule has 1 saturated heterocycles. The maximum absolute atomic E-state index is 12.5. The molecule has 2 amide bonds. The molecule has 1 aromatic carbocycles. The first-order valence-electron chi connectivity index (χ1n) is 11.6. The third-order valence-electron chi connectivity index (χ3n) is 6.21. The molecule has 2 aromatic heterocycles. The van der Waals surface area contributed by atoms with Gasteiger partial charge in [0.25, 0.3) is 11.5 Å². The molecule has 0 spiro atoms. The minimum absolute atomic E-state index is 0.102. The van der Waals surface area contributed by atoms with E-state index >= 15 is 0 Å². The highest BCUT2D eigenvalue weighted by Gasteiger charge is 2.24. The summed E-state index contributed by atoms with van der Waals surface area (Å²) in [5.74, 6) is -1.14. The Morgan fingerprint density at radius 1 is 1.06 bits per heavy atom. The number of hydrogen-bond acceptors (Lipinski definition) is 8. The Kier molecular flexibility index (Phi) is 7.44. The van der Waals surface area contributed by atoms with Crippen molar-refractivity contribution in [1.29, 1.82) is 0 Å². The molecule has 3 heterocycles. The number of para-hydroxylation sites is 1. The summed E-state index contributed by atoms with van der Waals surface area (Å²) in [5, 5.41) is 7.25. The van der Waals surface area contributed by atoms with E-state index in [1.54, 1.807) is 11.9 Å². The molecule has 1 aliphatic heterocycles. The van der Waals surface area contributed by atoms with E-state index in [2.05, 4.69) is 15.4 Å². The minimum atomic E-state index is -0.711. The van der Waals surface area contributed by atoms with Crippen LogP contribution in [-0.2, 0) is 32.7 Å². The number of anilines is 1. The molecule has 0 bridgehead atoms. The van der Waals surface area contributed by atoms with Crippen LogP contribution in [0.3, 0.4) is 0 Å². The standard InChI is InChI=1S/C24H29N7O5/c1-16-5-4-6-17(2)22(16)27-19(32)12-29-7-9-30(10-8-29)20(33)14-36-21(34)13-31-15-25-23-18(24(31)35)11-26-28(23)3/h4-6,11,15H,7-10,12-14H2,1-3H3,(H,27,32). The van der Waals surface area contributed by atoms with Gasteiger partial charge in [0, 0.05) is 38.9 Å². The molecule has 36 heavy (non-hydrogen) atoms. The lowest BCUT2D eigenvalue weighted by atomic mass is 10.1. The highest BCUT2D eigenvalue weighted by atomic mass is 16.5. The van der Waals surface area contributed by atoms with E-state index in [1.807, 2.05) is 36.9 Å². The van der Waals surface area contributed by atoms with Crippen LogP contribution in [0.1, 0.15) is 11.1 Å². The van der Waals surface area contributed by atoms with Crippen LogP contribution < -0.4 is 10.9 Å². The van der Waals surface area contributed by atoms with Gasteiger partial charge in [0.15, 0.2) is 12.3 Å². The molecule has 1 aliphatic rings. The molecule has 1 N–H and O–H groups in total. The van der Waals surface area contributed by atoms with Gasteiger partial charge in [-0.15, -0.1) is 0 Å². The highest BCUT2D eigenvalue weighted by Crippen LogP contribution is 2.19. The molecule has 1 fully saturated rings. The number of aromatic nitrogens is 4. The van der Waals surface area contributed by atoms with Crippen molar-refractivity contribution in [3.63, 3.8) is 0 Å². The molecule has 4 rings (SSSR count). The van der Waals surface area contributed by atoms with Crippen molar-refractivity contribution in [2.45, 2.75) is 20.4 Å². The van der Waals surface area contributed by atoms with Crippen LogP contribution in [0.2, 0.25) is 0 Å². The van der Waals surface area contributed by atoms with Crippen LogP contribution in [0.5, 0.6) is 0 Å². The summed E-state index contributed by atoms with van der Waals surface area (Å²) in [6, 6.07) is 5.86. The van der Waals surface area contributed by atoms with Gasteiger partial charge in [0.2, 0.25) is 5.91 Å². The second-order valence-corrected chi connectivity index (χ2v) is 8.82. The number of piperazine rings is 1. The molecular weight excluding hydrogens is 466 g/mol. The lowest BCUT2D eigenvalue weighted by Crippen LogP contribution is -2.51. The molecule has 0 atom stereocenters. The molecule has 0 unspecified atom stereocenters. The SMILES string of the molecule is Cc1cccc(C)c1NC(=O)CN1CCN(C(=O)COC(=O)Cn2cnc3c(cnn3C)c2=O)CC1. The molecule has 190 valence electrons. The number of rotatable bonds is 7. The third-order valence-corrected chi connectivity index (χ3v) is 6.21. The second-order valence-electron chi connectivity index (χ2n) is 8.82. The Balaban J connectivity index is 1.21. The Morgan fingerprint density at radius 2 is 1.75 bits per heavy atom. The molecule has 0 aliphatic carbocycles. The predicted molar refractivity (Wildman–Crippen MR) is 131 cm³/mol. The second kappa shape index (κ2) is 10.7. The van der Waals surface area contributed by atoms with Gasteiger partial charge in [-0.3, -0.25) is 33.3 Å². The van der Waals surface area contributed by atoms with Crippen LogP contribution >= 0.6 is 0 Å². The van der Waals surface area contributed by atoms with E-state index in [-0.39, 0.29) is 24.9 Å². The van der Waals surface area contributed by atoms with E-state index in [1.165, 1.54) is 17.2 Å². The number of aryl methyl sites for hydroxylation is 3. The summed E-state index contributed by atoms with van der Waals surface area (Å²) in [5.41, 5.74) is 2.85. The van der Waals surface area contributed by atoms with Crippen LogP contribution in [-0.4, -0.2) is 86.2 Å². The number of ether oxygens (including phenoxy) is 1. The van der Waals surface area contributed by atoms with E-state index in [9.17, 15) is 19.2 Å². The zero-order valence-corrected chi connectivity index (χ0v) is 20.6. The maximum atomic E-state index is 12.5. The van der Waals surface area contributed by atoms with Crippen LogP contribution in [0.15, 0.2) is 35.5 Å². The fourth-order valence-electron chi connectivity index (χ4n) is 4.15. The summed E-state index contributed by atoms with van der Waals surface area (Å²) >= 11 is 0. The van der Waals surface area contributed by atoms with Crippen LogP contribution in [0, 0.1) is 13.8 Å². The molecule has 12 nitrogen and oxygen atoms in total. The number of nitrogens with one attached hydrogen (secondary N) is 1. The lowest BCUT2D eigenvalue weighted by Gasteiger charge is -2.34. The summed E-state index contributed by atoms with van der Waals surface area (Å²) in [6.07, 6.45) is 2.65. The van der Waals surface area contributed by atoms with E-state index in [4.69, 9.17) is 4.74 Å². The van der Waals surface area contributed by atoms with Crippen molar-refractivity contribution < 1.29 is 19.1 Å². The monoisotopic (exact) mass is 495 g/mol. The van der Waals surface area contributed by atoms with Crippen molar-refractivity contribution in [1.82, 2.24) is 29.1 Å². The van der Waals surface area contributed by atoms with Gasteiger partial charge in [0.05, 0.1) is 12.7 Å². The van der Waals surface area contributed by atoms with Gasteiger partial charge >= 0.3 is 5.97 Å². The number of amides is 2. The summed E-state index contributed by atoms with van der Waals surface area (Å²) in [6.45, 7) is 5.29. The number of nitrogens with zero attached hydrogens (tertiary/aromatic N) is 6. The van der Waals surface area contributed by atoms with E-state index in [0.29, 0.717) is 37.2 Å². The lowest BCUT2D eigenvalue weighted by molar-refractivity contribution is -0.153. The van der Waals surface area contributed by atoms with Crippen LogP contribution in [0.25, 0.3) is 11.0 Å². The van der Waals surface area contributed by atoms with Gasteiger partial charge in [-0.2, -0.15) is 5.10 Å². The molecule has 0 radical (unpaired) electrons. The minimum Gasteiger partial charge on any atom is -0.454 e. The maximum Gasteiger partial charge on any atom is 0.326 e. The fourth-order valence-corrected chi connectivity index (χ4v) is 4.15. The zero-order chi connectivity index (χ0) is 25.8. The first-order chi connectivity index (χ1) is 17.2. The Hall–Kier alpha value is -4.06. The third kappa shape index (κ3) is 5.60. The number of esters is 1. The predicted octanol–water partition coefficient (Wildman–Crippen LogP) is 0.0729. The average molecular weight is 496 g/mol. The molecule has 12 heteroatoms. The van der Waals surface area contributed by atoms with Gasteiger partial charge in [-0.1, -0.05) is 18.2 Å². The molecular formula is C24H29N7O5. The Bertz CT molecular complexity index is 1330. The Morgan fingerprint density at radius 3 is 2.44 bits per heavy atom. The van der Waals surface area contributed by atoms with Gasteiger partial charge in [-0.05, 0) is 25.0 Å². The number of hydrogen-bond donors (Lipinski definition) is 1. The van der Waals surface area contributed by atoms with Crippen molar-refractivity contribution >= 4 is 34.5 Å². The smallest absolute Gasteiger partial charge is 0.326 e.